The van der Waals surface area contributed by atoms with Gasteiger partial charge in [-0.25, -0.2) is 4.79 Å². The fraction of sp³-hybridized carbons (Fsp3) is 0.300. The number of hydrogen-bond acceptors (Lipinski definition) is 3. The minimum Gasteiger partial charge on any atom is -0.478 e. The molecule has 6 nitrogen and oxygen atoms in total. The van der Waals surface area contributed by atoms with Crippen molar-refractivity contribution < 1.29 is 19.5 Å². The van der Waals surface area contributed by atoms with Gasteiger partial charge in [0.15, 0.2) is 0 Å². The number of nitrogens with one attached hydrogen (secondary N) is 1. The summed E-state index contributed by atoms with van der Waals surface area (Å²) in [5, 5.41) is 12.5. The molecule has 1 aliphatic heterocycles. The summed E-state index contributed by atoms with van der Waals surface area (Å²) in [6.45, 7) is 0.490. The van der Waals surface area contributed by atoms with E-state index in [2.05, 4.69) is 5.32 Å². The number of carboxylic acid groups (broad SMARTS) is 1. The molecule has 2 atom stereocenters. The highest BCUT2D eigenvalue weighted by molar-refractivity contribution is 6.01. The summed E-state index contributed by atoms with van der Waals surface area (Å²) in [6, 6.07) is 23.6. The third kappa shape index (κ3) is 4.63. The Labute approximate surface area is 211 Å². The average Bonchev–Trinajstić information content (AvgIpc) is 3.44. The van der Waals surface area contributed by atoms with Crippen molar-refractivity contribution in [1.29, 1.82) is 0 Å². The molecule has 2 N–H and O–H groups in total. The predicted molar refractivity (Wildman–Crippen MR) is 137 cm³/mol. The molecule has 0 radical (unpaired) electrons. The van der Waals surface area contributed by atoms with Crippen LogP contribution in [0.2, 0.25) is 0 Å². The Morgan fingerprint density at radius 1 is 0.889 bits per heavy atom. The topological polar surface area (TPSA) is 86.7 Å². The van der Waals surface area contributed by atoms with Gasteiger partial charge < -0.3 is 15.3 Å². The second-order valence-electron chi connectivity index (χ2n) is 9.61. The van der Waals surface area contributed by atoms with Crippen molar-refractivity contribution in [3.63, 3.8) is 0 Å². The third-order valence-electron chi connectivity index (χ3n) is 7.43. The molecule has 3 aromatic carbocycles. The number of fused-ring (bicyclic) bond motifs is 1. The van der Waals surface area contributed by atoms with Crippen molar-refractivity contribution in [1.82, 2.24) is 10.2 Å². The van der Waals surface area contributed by atoms with Crippen LogP contribution in [0, 0.1) is 0 Å². The van der Waals surface area contributed by atoms with Crippen molar-refractivity contribution in [2.75, 3.05) is 6.54 Å². The van der Waals surface area contributed by atoms with Crippen LogP contribution in [-0.4, -0.2) is 40.4 Å². The normalized spacial score (nSPS) is 19.7. The molecule has 184 valence electrons. The van der Waals surface area contributed by atoms with Gasteiger partial charge in [-0.1, -0.05) is 73.5 Å². The Kier molecular flexibility index (Phi) is 6.85. The van der Waals surface area contributed by atoms with Crippen LogP contribution in [0.5, 0.6) is 0 Å². The maximum absolute atomic E-state index is 13.8. The van der Waals surface area contributed by atoms with E-state index >= 15 is 0 Å². The van der Waals surface area contributed by atoms with Crippen molar-refractivity contribution in [3.05, 3.63) is 107 Å². The van der Waals surface area contributed by atoms with Crippen molar-refractivity contribution in [2.45, 2.75) is 50.1 Å². The first-order valence-corrected chi connectivity index (χ1v) is 12.6. The Bertz CT molecular complexity index is 1250. The van der Waals surface area contributed by atoms with Gasteiger partial charge in [-0.3, -0.25) is 9.59 Å². The highest BCUT2D eigenvalue weighted by Gasteiger charge is 2.46. The van der Waals surface area contributed by atoms with Crippen molar-refractivity contribution in [3.8, 4) is 0 Å². The number of rotatable bonds is 7. The Morgan fingerprint density at radius 2 is 1.56 bits per heavy atom. The maximum Gasteiger partial charge on any atom is 0.335 e. The van der Waals surface area contributed by atoms with E-state index in [1.165, 1.54) is 0 Å². The minimum atomic E-state index is -1.01. The minimum absolute atomic E-state index is 0.0506. The van der Waals surface area contributed by atoms with Gasteiger partial charge in [-0.05, 0) is 54.2 Å². The summed E-state index contributed by atoms with van der Waals surface area (Å²) in [4.78, 5) is 41.0. The molecular weight excluding hydrogens is 452 g/mol. The smallest absolute Gasteiger partial charge is 0.335 e. The molecule has 36 heavy (non-hydrogen) atoms. The van der Waals surface area contributed by atoms with Gasteiger partial charge in [0.1, 0.15) is 0 Å². The largest absolute Gasteiger partial charge is 0.478 e. The molecule has 2 amide bonds. The number of carbonyl (C=O) groups is 3. The number of carbonyl (C=O) groups excluding carboxylic acids is 2. The lowest BCUT2D eigenvalue weighted by Crippen LogP contribution is -2.51. The lowest BCUT2D eigenvalue weighted by atomic mass is 9.78. The van der Waals surface area contributed by atoms with E-state index in [0.29, 0.717) is 18.5 Å². The van der Waals surface area contributed by atoms with Crippen LogP contribution < -0.4 is 5.32 Å². The van der Waals surface area contributed by atoms with Crippen LogP contribution in [0.25, 0.3) is 0 Å². The van der Waals surface area contributed by atoms with Crippen LogP contribution in [0.15, 0.2) is 78.9 Å². The molecule has 2 aliphatic rings. The van der Waals surface area contributed by atoms with Gasteiger partial charge in [0, 0.05) is 18.2 Å². The summed E-state index contributed by atoms with van der Waals surface area (Å²) in [7, 11) is 0. The van der Waals surface area contributed by atoms with Crippen LogP contribution >= 0.6 is 0 Å². The van der Waals surface area contributed by atoms with E-state index in [0.717, 1.165) is 42.4 Å². The van der Waals surface area contributed by atoms with Crippen LogP contribution in [0.4, 0.5) is 0 Å². The molecule has 2 unspecified atom stereocenters. The molecule has 1 heterocycles. The fourth-order valence-electron chi connectivity index (χ4n) is 5.68. The van der Waals surface area contributed by atoms with Gasteiger partial charge in [0.25, 0.3) is 5.91 Å². The average molecular weight is 483 g/mol. The first kappa shape index (κ1) is 23.8. The summed E-state index contributed by atoms with van der Waals surface area (Å²) in [5.41, 5.74) is 3.40. The van der Waals surface area contributed by atoms with Gasteiger partial charge >= 0.3 is 5.97 Å². The first-order chi connectivity index (χ1) is 17.5. The Balaban J connectivity index is 1.53. The molecule has 0 spiro atoms. The number of benzene rings is 3. The van der Waals surface area contributed by atoms with E-state index in [4.69, 9.17) is 0 Å². The van der Waals surface area contributed by atoms with Crippen LogP contribution in [0.3, 0.4) is 0 Å². The molecule has 0 saturated heterocycles. The summed E-state index contributed by atoms with van der Waals surface area (Å²) in [6.07, 6.45) is 4.62. The summed E-state index contributed by atoms with van der Waals surface area (Å²) >= 11 is 0. The number of hydrogen-bond donors (Lipinski definition) is 2. The molecule has 6 heteroatoms. The molecule has 0 aromatic heterocycles. The highest BCUT2D eigenvalue weighted by atomic mass is 16.4. The SMILES string of the molecule is O=C(O)c1ccc(C2C(C(=O)NCCc3ccccc3)c3ccccc3C(=O)N2C2CCCC2)cc1. The van der Waals surface area contributed by atoms with Crippen molar-refractivity contribution >= 4 is 17.8 Å². The van der Waals surface area contributed by atoms with E-state index in [1.54, 1.807) is 24.3 Å². The van der Waals surface area contributed by atoms with Crippen molar-refractivity contribution in [2.24, 2.45) is 0 Å². The maximum atomic E-state index is 13.8. The highest BCUT2D eigenvalue weighted by Crippen LogP contribution is 2.46. The summed E-state index contributed by atoms with van der Waals surface area (Å²) in [5.74, 6) is -1.78. The number of aromatic carboxylic acids is 1. The van der Waals surface area contributed by atoms with Gasteiger partial charge in [-0.15, -0.1) is 0 Å². The number of carboxylic acids is 1. The monoisotopic (exact) mass is 482 g/mol. The Hall–Kier alpha value is -3.93. The molecule has 1 saturated carbocycles. The van der Waals surface area contributed by atoms with Crippen LogP contribution in [0.1, 0.15) is 75.0 Å². The lowest BCUT2D eigenvalue weighted by molar-refractivity contribution is -0.124. The zero-order valence-corrected chi connectivity index (χ0v) is 20.1. The van der Waals surface area contributed by atoms with Gasteiger partial charge in [-0.2, -0.15) is 0 Å². The second kappa shape index (κ2) is 10.4. The zero-order valence-electron chi connectivity index (χ0n) is 20.1. The quantitative estimate of drug-likeness (QED) is 0.498. The second-order valence-corrected chi connectivity index (χ2v) is 9.61. The van der Waals surface area contributed by atoms with E-state index < -0.39 is 17.9 Å². The fourth-order valence-corrected chi connectivity index (χ4v) is 5.68. The number of amides is 2. The summed E-state index contributed by atoms with van der Waals surface area (Å²) < 4.78 is 0. The molecule has 0 bridgehead atoms. The van der Waals surface area contributed by atoms with E-state index in [9.17, 15) is 19.5 Å². The molecule has 1 aliphatic carbocycles. The third-order valence-corrected chi connectivity index (χ3v) is 7.43. The molecule has 1 fully saturated rings. The lowest BCUT2D eigenvalue weighted by Gasteiger charge is -2.45. The van der Waals surface area contributed by atoms with E-state index in [-0.39, 0.29) is 23.4 Å². The first-order valence-electron chi connectivity index (χ1n) is 12.6. The van der Waals surface area contributed by atoms with E-state index in [1.807, 2.05) is 59.5 Å². The predicted octanol–water partition coefficient (Wildman–Crippen LogP) is 4.97. The molecular formula is C30H30N2O4. The number of nitrogens with zero attached hydrogens (tertiary/aromatic N) is 1. The van der Waals surface area contributed by atoms with Crippen LogP contribution in [-0.2, 0) is 11.2 Å². The van der Waals surface area contributed by atoms with Gasteiger partial charge in [0.05, 0.1) is 17.5 Å². The molecule has 5 rings (SSSR count). The standard InChI is InChI=1S/C30H30N2O4/c33-28(31-19-18-20-8-2-1-3-9-20)26-24-12-6-7-13-25(24)29(34)32(23-10-4-5-11-23)27(26)21-14-16-22(17-15-21)30(35)36/h1-3,6-9,12-17,23,26-27H,4-5,10-11,18-19H2,(H,31,33)(H,35,36). The Morgan fingerprint density at radius 3 is 2.25 bits per heavy atom. The molecule has 3 aromatic rings. The zero-order chi connectivity index (χ0) is 25.1. The van der Waals surface area contributed by atoms with Gasteiger partial charge in [0.2, 0.25) is 5.91 Å².